The SMILES string of the molecule is COCc1cccc(C(=O)NCCc2ccc(-n3nc(C)cc3C)cc2)c1. The van der Waals surface area contributed by atoms with Crippen molar-refractivity contribution in [3.63, 3.8) is 0 Å². The number of methoxy groups -OCH3 is 1. The van der Waals surface area contributed by atoms with Gasteiger partial charge in [0.05, 0.1) is 18.0 Å². The Hall–Kier alpha value is -2.92. The number of carbonyl (C=O) groups excluding carboxylic acids is 1. The molecule has 0 unspecified atom stereocenters. The highest BCUT2D eigenvalue weighted by Gasteiger charge is 2.07. The number of ether oxygens (including phenoxy) is 1. The Morgan fingerprint density at radius 3 is 2.52 bits per heavy atom. The summed E-state index contributed by atoms with van der Waals surface area (Å²) >= 11 is 0. The van der Waals surface area contributed by atoms with Crippen molar-refractivity contribution in [1.29, 1.82) is 0 Å². The van der Waals surface area contributed by atoms with Crippen LogP contribution in [0.4, 0.5) is 0 Å². The number of nitrogens with one attached hydrogen (secondary N) is 1. The summed E-state index contributed by atoms with van der Waals surface area (Å²) in [5.74, 6) is -0.0628. The highest BCUT2D eigenvalue weighted by molar-refractivity contribution is 5.94. The zero-order chi connectivity index (χ0) is 19.2. The van der Waals surface area contributed by atoms with E-state index in [9.17, 15) is 4.79 Å². The molecule has 5 nitrogen and oxygen atoms in total. The average Bonchev–Trinajstić information content (AvgIpc) is 3.01. The Balaban J connectivity index is 1.55. The zero-order valence-electron chi connectivity index (χ0n) is 16.0. The second-order valence-electron chi connectivity index (χ2n) is 6.64. The van der Waals surface area contributed by atoms with E-state index < -0.39 is 0 Å². The molecule has 0 atom stereocenters. The van der Waals surface area contributed by atoms with E-state index in [-0.39, 0.29) is 5.91 Å². The minimum Gasteiger partial charge on any atom is -0.380 e. The molecule has 0 bridgehead atoms. The Morgan fingerprint density at radius 2 is 1.85 bits per heavy atom. The van der Waals surface area contributed by atoms with Crippen molar-refractivity contribution in [3.05, 3.63) is 82.7 Å². The van der Waals surface area contributed by atoms with Crippen LogP contribution in [-0.4, -0.2) is 29.3 Å². The van der Waals surface area contributed by atoms with Gasteiger partial charge in [0, 0.05) is 24.9 Å². The molecule has 27 heavy (non-hydrogen) atoms. The topological polar surface area (TPSA) is 56.1 Å². The molecule has 0 aliphatic rings. The summed E-state index contributed by atoms with van der Waals surface area (Å²) in [4.78, 5) is 12.3. The zero-order valence-corrected chi connectivity index (χ0v) is 16.0. The molecule has 0 radical (unpaired) electrons. The Kier molecular flexibility index (Phi) is 6.04. The molecule has 0 aliphatic carbocycles. The molecule has 2 aromatic carbocycles. The van der Waals surface area contributed by atoms with Crippen LogP contribution in [0.2, 0.25) is 0 Å². The Morgan fingerprint density at radius 1 is 1.07 bits per heavy atom. The number of rotatable bonds is 7. The van der Waals surface area contributed by atoms with Crippen LogP contribution in [0.5, 0.6) is 0 Å². The van der Waals surface area contributed by atoms with Crippen LogP contribution >= 0.6 is 0 Å². The highest BCUT2D eigenvalue weighted by Crippen LogP contribution is 2.13. The lowest BCUT2D eigenvalue weighted by Crippen LogP contribution is -2.25. The normalized spacial score (nSPS) is 10.8. The minimum absolute atomic E-state index is 0.0628. The molecule has 1 N–H and O–H groups in total. The van der Waals surface area contributed by atoms with Gasteiger partial charge in [-0.05, 0) is 61.7 Å². The first-order valence-corrected chi connectivity index (χ1v) is 9.05. The van der Waals surface area contributed by atoms with E-state index in [0.29, 0.717) is 18.7 Å². The van der Waals surface area contributed by atoms with E-state index >= 15 is 0 Å². The molecule has 140 valence electrons. The molecule has 1 aromatic heterocycles. The number of carbonyl (C=O) groups is 1. The van der Waals surface area contributed by atoms with Crippen molar-refractivity contribution in [3.8, 4) is 5.69 Å². The second-order valence-corrected chi connectivity index (χ2v) is 6.64. The lowest BCUT2D eigenvalue weighted by molar-refractivity contribution is 0.0954. The minimum atomic E-state index is -0.0628. The summed E-state index contributed by atoms with van der Waals surface area (Å²) in [5.41, 5.74) is 5.99. The predicted octanol–water partition coefficient (Wildman–Crippen LogP) is 3.61. The molecule has 3 rings (SSSR count). The van der Waals surface area contributed by atoms with Crippen LogP contribution in [0.25, 0.3) is 5.69 Å². The molecule has 0 saturated heterocycles. The Bertz CT molecular complexity index is 914. The van der Waals surface area contributed by atoms with Crippen molar-refractivity contribution >= 4 is 5.91 Å². The van der Waals surface area contributed by atoms with E-state index in [4.69, 9.17) is 4.74 Å². The van der Waals surface area contributed by atoms with Crippen LogP contribution in [-0.2, 0) is 17.8 Å². The number of aromatic nitrogens is 2. The molecule has 1 amide bonds. The lowest BCUT2D eigenvalue weighted by atomic mass is 10.1. The summed E-state index contributed by atoms with van der Waals surface area (Å²) in [6.07, 6.45) is 0.779. The molecular weight excluding hydrogens is 338 g/mol. The fourth-order valence-corrected chi connectivity index (χ4v) is 3.09. The van der Waals surface area contributed by atoms with Gasteiger partial charge in [-0.1, -0.05) is 24.3 Å². The fraction of sp³-hybridized carbons (Fsp3) is 0.273. The number of nitrogens with zero attached hydrogens (tertiary/aromatic N) is 2. The summed E-state index contributed by atoms with van der Waals surface area (Å²) in [5, 5.41) is 7.48. The number of hydrogen-bond acceptors (Lipinski definition) is 3. The van der Waals surface area contributed by atoms with Crippen LogP contribution in [0.1, 0.15) is 32.9 Å². The number of aryl methyl sites for hydroxylation is 2. The summed E-state index contributed by atoms with van der Waals surface area (Å²) in [7, 11) is 1.65. The highest BCUT2D eigenvalue weighted by atomic mass is 16.5. The first kappa shape index (κ1) is 18.9. The van der Waals surface area contributed by atoms with Gasteiger partial charge in [-0.25, -0.2) is 4.68 Å². The first-order valence-electron chi connectivity index (χ1n) is 9.05. The molecule has 0 fully saturated rings. The molecule has 1 heterocycles. The van der Waals surface area contributed by atoms with Gasteiger partial charge < -0.3 is 10.1 Å². The van der Waals surface area contributed by atoms with E-state index in [1.165, 1.54) is 5.56 Å². The van der Waals surface area contributed by atoms with Gasteiger partial charge in [0.25, 0.3) is 5.91 Å². The largest absolute Gasteiger partial charge is 0.380 e. The number of amides is 1. The van der Waals surface area contributed by atoms with Crippen molar-refractivity contribution in [1.82, 2.24) is 15.1 Å². The van der Waals surface area contributed by atoms with E-state index in [1.807, 2.05) is 42.8 Å². The molecule has 5 heteroatoms. The molecular formula is C22H25N3O2. The van der Waals surface area contributed by atoms with E-state index in [0.717, 1.165) is 29.1 Å². The van der Waals surface area contributed by atoms with Crippen molar-refractivity contribution in [2.45, 2.75) is 26.9 Å². The van der Waals surface area contributed by atoms with E-state index in [2.05, 4.69) is 40.7 Å². The first-order chi connectivity index (χ1) is 13.1. The Labute approximate surface area is 160 Å². The van der Waals surface area contributed by atoms with E-state index in [1.54, 1.807) is 7.11 Å². The van der Waals surface area contributed by atoms with Gasteiger partial charge in [0.1, 0.15) is 0 Å². The van der Waals surface area contributed by atoms with Crippen LogP contribution in [0.15, 0.2) is 54.6 Å². The van der Waals surface area contributed by atoms with Gasteiger partial charge in [-0.2, -0.15) is 5.10 Å². The molecule has 0 saturated carbocycles. The van der Waals surface area contributed by atoms with Gasteiger partial charge in [0.15, 0.2) is 0 Å². The number of benzene rings is 2. The third-order valence-corrected chi connectivity index (χ3v) is 4.39. The van der Waals surface area contributed by atoms with Crippen molar-refractivity contribution < 1.29 is 9.53 Å². The molecule has 0 aliphatic heterocycles. The van der Waals surface area contributed by atoms with Crippen molar-refractivity contribution in [2.75, 3.05) is 13.7 Å². The monoisotopic (exact) mass is 363 g/mol. The van der Waals surface area contributed by atoms with Crippen molar-refractivity contribution in [2.24, 2.45) is 0 Å². The smallest absolute Gasteiger partial charge is 0.251 e. The molecule has 3 aromatic rings. The maximum Gasteiger partial charge on any atom is 0.251 e. The lowest BCUT2D eigenvalue weighted by Gasteiger charge is -2.08. The van der Waals surface area contributed by atoms with Gasteiger partial charge in [0.2, 0.25) is 0 Å². The summed E-state index contributed by atoms with van der Waals surface area (Å²) in [6, 6.07) is 17.8. The van der Waals surface area contributed by atoms with Crippen LogP contribution in [0.3, 0.4) is 0 Å². The quantitative estimate of drug-likeness (QED) is 0.698. The standard InChI is InChI=1S/C22H25N3O2/c1-16-13-17(2)25(24-16)21-9-7-18(8-10-21)11-12-23-22(26)20-6-4-5-19(14-20)15-27-3/h4-10,13-14H,11-12,15H2,1-3H3,(H,23,26). The summed E-state index contributed by atoms with van der Waals surface area (Å²) in [6.45, 7) is 5.13. The average molecular weight is 363 g/mol. The fourth-order valence-electron chi connectivity index (χ4n) is 3.09. The van der Waals surface area contributed by atoms with Crippen LogP contribution < -0.4 is 5.32 Å². The van der Waals surface area contributed by atoms with Crippen LogP contribution in [0, 0.1) is 13.8 Å². The van der Waals surface area contributed by atoms with Gasteiger partial charge in [-0.15, -0.1) is 0 Å². The van der Waals surface area contributed by atoms with Gasteiger partial charge in [-0.3, -0.25) is 4.79 Å². The third-order valence-electron chi connectivity index (χ3n) is 4.39. The maximum atomic E-state index is 12.3. The number of hydrogen-bond donors (Lipinski definition) is 1. The van der Waals surface area contributed by atoms with Gasteiger partial charge >= 0.3 is 0 Å². The summed E-state index contributed by atoms with van der Waals surface area (Å²) < 4.78 is 7.05. The molecule has 0 spiro atoms. The predicted molar refractivity (Wildman–Crippen MR) is 106 cm³/mol. The maximum absolute atomic E-state index is 12.3. The second kappa shape index (κ2) is 8.64. The third kappa shape index (κ3) is 4.83.